The van der Waals surface area contributed by atoms with Crippen LogP contribution in [0.15, 0.2) is 29.1 Å². The molecule has 1 aromatic heterocycles. The number of hydrogen-bond donors (Lipinski definition) is 1. The Hall–Kier alpha value is -2.34. The highest BCUT2D eigenvalue weighted by atomic mass is 35.5. The van der Waals surface area contributed by atoms with E-state index in [1.807, 2.05) is 0 Å². The van der Waals surface area contributed by atoms with Gasteiger partial charge in [-0.3, -0.25) is 4.79 Å². The van der Waals surface area contributed by atoms with E-state index in [9.17, 15) is 9.59 Å². The van der Waals surface area contributed by atoms with Crippen molar-refractivity contribution in [1.82, 2.24) is 9.97 Å². The summed E-state index contributed by atoms with van der Waals surface area (Å²) in [6.07, 6.45) is -0.938. The van der Waals surface area contributed by atoms with Crippen LogP contribution in [0.3, 0.4) is 0 Å². The Kier molecular flexibility index (Phi) is 4.59. The first-order chi connectivity index (χ1) is 10.0. The monoisotopic (exact) mass is 308 g/mol. The molecule has 21 heavy (non-hydrogen) atoms. The summed E-state index contributed by atoms with van der Waals surface area (Å²) in [4.78, 5) is 30.0. The van der Waals surface area contributed by atoms with Crippen LogP contribution in [0.25, 0.3) is 11.4 Å². The van der Waals surface area contributed by atoms with E-state index in [1.54, 1.807) is 38.1 Å². The molecule has 0 fully saturated rings. The van der Waals surface area contributed by atoms with Gasteiger partial charge in [-0.2, -0.15) is 0 Å². The summed E-state index contributed by atoms with van der Waals surface area (Å²) in [5.41, 5.74) is 0.430. The van der Waals surface area contributed by atoms with Crippen LogP contribution in [-0.2, 0) is 4.74 Å². The lowest BCUT2D eigenvalue weighted by Gasteiger charge is -2.07. The largest absolute Gasteiger partial charge is 0.514 e. The summed E-state index contributed by atoms with van der Waals surface area (Å²) in [7, 11) is 0. The second kappa shape index (κ2) is 6.41. The van der Waals surface area contributed by atoms with Crippen LogP contribution < -0.4 is 10.3 Å². The Morgan fingerprint density at radius 2 is 2.00 bits per heavy atom. The van der Waals surface area contributed by atoms with Gasteiger partial charge in [-0.1, -0.05) is 11.6 Å². The molecule has 0 atom stereocenters. The molecule has 110 valence electrons. The van der Waals surface area contributed by atoms with Crippen molar-refractivity contribution in [3.05, 3.63) is 45.3 Å². The van der Waals surface area contributed by atoms with Gasteiger partial charge in [-0.25, -0.2) is 9.78 Å². The Balaban J connectivity index is 2.35. The summed E-state index contributed by atoms with van der Waals surface area (Å²) >= 11 is 5.81. The Labute approximate surface area is 125 Å². The lowest BCUT2D eigenvalue weighted by Crippen LogP contribution is -2.20. The molecule has 0 radical (unpaired) electrons. The smallest absolute Gasteiger partial charge is 0.434 e. The molecular formula is C14H13ClN2O4. The van der Waals surface area contributed by atoms with Crippen molar-refractivity contribution in [2.24, 2.45) is 0 Å². The molecule has 0 bridgehead atoms. The lowest BCUT2D eigenvalue weighted by molar-refractivity contribution is 0.103. The standard InChI is InChI=1S/C14H13ClN2O4/c1-3-20-14(19)21-11-8(2)16-12(17-13(11)18)9-4-6-10(15)7-5-9/h4-7H,3H2,1-2H3,(H,16,17,18). The predicted octanol–water partition coefficient (Wildman–Crippen LogP) is 2.93. The van der Waals surface area contributed by atoms with Crippen molar-refractivity contribution in [1.29, 1.82) is 0 Å². The number of hydrogen-bond acceptors (Lipinski definition) is 5. The van der Waals surface area contributed by atoms with Crippen LogP contribution >= 0.6 is 11.6 Å². The van der Waals surface area contributed by atoms with Gasteiger partial charge in [0.2, 0.25) is 5.75 Å². The number of H-pyrrole nitrogens is 1. The van der Waals surface area contributed by atoms with E-state index in [1.165, 1.54) is 0 Å². The average Bonchev–Trinajstić information content (AvgIpc) is 2.44. The molecule has 0 aliphatic carbocycles. The molecule has 6 nitrogen and oxygen atoms in total. The molecule has 0 amide bonds. The van der Waals surface area contributed by atoms with Crippen molar-refractivity contribution in [2.75, 3.05) is 6.61 Å². The number of nitrogens with zero attached hydrogens (tertiary/aromatic N) is 1. The summed E-state index contributed by atoms with van der Waals surface area (Å²) < 4.78 is 9.47. The second-order valence-corrected chi connectivity index (χ2v) is 4.56. The van der Waals surface area contributed by atoms with E-state index in [0.29, 0.717) is 16.4 Å². The maximum atomic E-state index is 12.0. The van der Waals surface area contributed by atoms with Gasteiger partial charge in [0.1, 0.15) is 5.82 Å². The predicted molar refractivity (Wildman–Crippen MR) is 77.7 cm³/mol. The Bertz CT molecular complexity index is 710. The summed E-state index contributed by atoms with van der Waals surface area (Å²) in [5, 5.41) is 0.583. The number of aromatic amines is 1. The van der Waals surface area contributed by atoms with Gasteiger partial charge in [0.25, 0.3) is 5.56 Å². The van der Waals surface area contributed by atoms with E-state index in [4.69, 9.17) is 16.3 Å². The Morgan fingerprint density at radius 1 is 1.33 bits per heavy atom. The normalized spacial score (nSPS) is 10.2. The number of rotatable bonds is 3. The fraction of sp³-hybridized carbons (Fsp3) is 0.214. The highest BCUT2D eigenvalue weighted by molar-refractivity contribution is 6.30. The zero-order chi connectivity index (χ0) is 15.4. The molecule has 7 heteroatoms. The minimum atomic E-state index is -0.938. The van der Waals surface area contributed by atoms with Crippen molar-refractivity contribution in [2.45, 2.75) is 13.8 Å². The number of ether oxygens (including phenoxy) is 2. The quantitative estimate of drug-likeness (QED) is 0.882. The molecule has 0 saturated heterocycles. The third-order valence-corrected chi connectivity index (χ3v) is 2.86. The van der Waals surface area contributed by atoms with Gasteiger partial charge in [0.05, 0.1) is 12.3 Å². The topological polar surface area (TPSA) is 81.3 Å². The molecular weight excluding hydrogens is 296 g/mol. The zero-order valence-electron chi connectivity index (χ0n) is 11.5. The third kappa shape index (κ3) is 3.61. The summed E-state index contributed by atoms with van der Waals surface area (Å²) in [5.74, 6) is 0.191. The fourth-order valence-corrected chi connectivity index (χ4v) is 1.80. The number of carbonyl (C=O) groups excluding carboxylic acids is 1. The molecule has 1 aromatic carbocycles. The Morgan fingerprint density at radius 3 is 2.57 bits per heavy atom. The lowest BCUT2D eigenvalue weighted by atomic mass is 10.2. The zero-order valence-corrected chi connectivity index (χ0v) is 12.2. The van der Waals surface area contributed by atoms with Crippen LogP contribution in [0, 0.1) is 6.92 Å². The van der Waals surface area contributed by atoms with Gasteiger partial charge in [0, 0.05) is 10.6 Å². The van der Waals surface area contributed by atoms with E-state index in [2.05, 4.69) is 14.7 Å². The number of benzene rings is 1. The van der Waals surface area contributed by atoms with E-state index < -0.39 is 11.7 Å². The average molecular weight is 309 g/mol. The van der Waals surface area contributed by atoms with E-state index in [0.717, 1.165) is 0 Å². The van der Waals surface area contributed by atoms with Crippen LogP contribution in [0.1, 0.15) is 12.6 Å². The number of carbonyl (C=O) groups is 1. The molecule has 1 heterocycles. The van der Waals surface area contributed by atoms with E-state index in [-0.39, 0.29) is 18.1 Å². The van der Waals surface area contributed by atoms with Gasteiger partial charge < -0.3 is 14.5 Å². The van der Waals surface area contributed by atoms with Crippen LogP contribution in [0.4, 0.5) is 4.79 Å². The maximum Gasteiger partial charge on any atom is 0.514 e. The van der Waals surface area contributed by atoms with E-state index >= 15 is 0 Å². The van der Waals surface area contributed by atoms with Gasteiger partial charge >= 0.3 is 6.16 Å². The number of aromatic nitrogens is 2. The molecule has 1 N–H and O–H groups in total. The minimum Gasteiger partial charge on any atom is -0.434 e. The molecule has 0 saturated carbocycles. The second-order valence-electron chi connectivity index (χ2n) is 4.12. The van der Waals surface area contributed by atoms with Gasteiger partial charge in [-0.05, 0) is 38.1 Å². The van der Waals surface area contributed by atoms with Crippen molar-refractivity contribution < 1.29 is 14.3 Å². The molecule has 0 spiro atoms. The molecule has 2 rings (SSSR count). The fourth-order valence-electron chi connectivity index (χ4n) is 1.67. The van der Waals surface area contributed by atoms with Crippen molar-refractivity contribution >= 4 is 17.8 Å². The first kappa shape index (κ1) is 15.1. The molecule has 0 unspecified atom stereocenters. The highest BCUT2D eigenvalue weighted by Gasteiger charge is 2.15. The SMILES string of the molecule is CCOC(=O)Oc1c(C)nc(-c2ccc(Cl)cc2)[nH]c1=O. The summed E-state index contributed by atoms with van der Waals surface area (Å²) in [6, 6.07) is 6.84. The first-order valence-corrected chi connectivity index (χ1v) is 6.60. The molecule has 0 aliphatic heterocycles. The molecule has 2 aromatic rings. The van der Waals surface area contributed by atoms with Gasteiger partial charge in [-0.15, -0.1) is 0 Å². The third-order valence-electron chi connectivity index (χ3n) is 2.61. The van der Waals surface area contributed by atoms with Crippen LogP contribution in [0.5, 0.6) is 5.75 Å². The first-order valence-electron chi connectivity index (χ1n) is 6.22. The highest BCUT2D eigenvalue weighted by Crippen LogP contribution is 2.19. The maximum absolute atomic E-state index is 12.0. The number of halogens is 1. The van der Waals surface area contributed by atoms with Gasteiger partial charge in [0.15, 0.2) is 0 Å². The number of nitrogens with one attached hydrogen (secondary N) is 1. The summed E-state index contributed by atoms with van der Waals surface area (Å²) in [6.45, 7) is 3.37. The minimum absolute atomic E-state index is 0.159. The van der Waals surface area contributed by atoms with Crippen LogP contribution in [0.2, 0.25) is 5.02 Å². The van der Waals surface area contributed by atoms with Crippen LogP contribution in [-0.4, -0.2) is 22.7 Å². The van der Waals surface area contributed by atoms with Crippen molar-refractivity contribution in [3.63, 3.8) is 0 Å². The number of aryl methyl sites for hydroxylation is 1. The molecule has 0 aliphatic rings. The van der Waals surface area contributed by atoms with Crippen molar-refractivity contribution in [3.8, 4) is 17.1 Å².